The van der Waals surface area contributed by atoms with Crippen LogP contribution in [0.25, 0.3) is 11.0 Å². The van der Waals surface area contributed by atoms with Crippen molar-refractivity contribution < 1.29 is 18.1 Å². The summed E-state index contributed by atoms with van der Waals surface area (Å²) >= 11 is 8.03. The lowest BCUT2D eigenvalue weighted by Gasteiger charge is -2.52. The van der Waals surface area contributed by atoms with Gasteiger partial charge in [-0.05, 0) is 35.2 Å². The first kappa shape index (κ1) is 27.6. The first-order valence-electron chi connectivity index (χ1n) is 12.6. The predicted molar refractivity (Wildman–Crippen MR) is 147 cm³/mol. The van der Waals surface area contributed by atoms with Gasteiger partial charge in [-0.3, -0.25) is 0 Å². The fourth-order valence-electron chi connectivity index (χ4n) is 5.81. The summed E-state index contributed by atoms with van der Waals surface area (Å²) < 4.78 is 23.4. The van der Waals surface area contributed by atoms with E-state index in [1.54, 1.807) is 11.8 Å². The SMILES string of the molecule is CC(C)[Si]1(C(C)C)OC[C@H]2S[C@@H](n3ccc4c(Cl)ncnc43)[C@@](C)(O)[C@@H]2O[Si](C(C)C)(C(C)C)O1. The highest BCUT2D eigenvalue weighted by atomic mass is 35.5. The summed E-state index contributed by atoms with van der Waals surface area (Å²) in [6.07, 6.45) is 2.97. The minimum Gasteiger partial charge on any atom is -0.414 e. The zero-order valence-electron chi connectivity index (χ0n) is 22.3. The van der Waals surface area contributed by atoms with Crippen LogP contribution in [-0.4, -0.2) is 60.3 Å². The average Bonchev–Trinajstić information content (AvgIpc) is 3.26. The molecule has 0 aliphatic carbocycles. The summed E-state index contributed by atoms with van der Waals surface area (Å²) in [6, 6.07) is 1.91. The van der Waals surface area contributed by atoms with Gasteiger partial charge in [-0.25, -0.2) is 9.97 Å². The second kappa shape index (κ2) is 9.69. The molecule has 2 saturated heterocycles. The highest BCUT2D eigenvalue weighted by Crippen LogP contribution is 2.55. The average molecular weight is 558 g/mol. The molecule has 2 aromatic heterocycles. The Balaban J connectivity index is 1.82. The van der Waals surface area contributed by atoms with Crippen LogP contribution in [0.1, 0.15) is 67.7 Å². The monoisotopic (exact) mass is 557 g/mol. The molecule has 0 spiro atoms. The van der Waals surface area contributed by atoms with E-state index < -0.39 is 28.8 Å². The number of nitrogens with zero attached hydrogens (tertiary/aromatic N) is 3. The third kappa shape index (κ3) is 4.35. The second-order valence-electron chi connectivity index (χ2n) is 11.4. The van der Waals surface area contributed by atoms with Crippen molar-refractivity contribution in [1.29, 1.82) is 0 Å². The molecule has 2 aromatic rings. The smallest absolute Gasteiger partial charge is 0.335 e. The van der Waals surface area contributed by atoms with Crippen LogP contribution >= 0.6 is 23.4 Å². The van der Waals surface area contributed by atoms with Crippen molar-refractivity contribution in [2.45, 2.75) is 107 Å². The molecule has 4 heterocycles. The number of fused-ring (bicyclic) bond motifs is 2. The number of thioether (sulfide) groups is 1. The molecule has 2 aliphatic heterocycles. The van der Waals surface area contributed by atoms with E-state index >= 15 is 0 Å². The number of hydrogen-bond acceptors (Lipinski definition) is 7. The third-order valence-corrected chi connectivity index (χ3v) is 20.0. The van der Waals surface area contributed by atoms with Gasteiger partial charge in [-0.2, -0.15) is 0 Å². The molecule has 35 heavy (non-hydrogen) atoms. The molecule has 196 valence electrons. The quantitative estimate of drug-likeness (QED) is 0.336. The molecule has 2 fully saturated rings. The van der Waals surface area contributed by atoms with E-state index in [-0.39, 0.29) is 32.8 Å². The predicted octanol–water partition coefficient (Wildman–Crippen LogP) is 6.41. The number of rotatable bonds is 5. The second-order valence-corrected chi connectivity index (χ2v) is 21.9. The van der Waals surface area contributed by atoms with Crippen LogP contribution in [0.4, 0.5) is 0 Å². The third-order valence-electron chi connectivity index (χ3n) is 7.75. The van der Waals surface area contributed by atoms with Gasteiger partial charge < -0.3 is 22.6 Å². The fourth-order valence-corrected chi connectivity index (χ4v) is 19.2. The molecule has 0 bridgehead atoms. The van der Waals surface area contributed by atoms with Crippen molar-refractivity contribution >= 4 is 51.5 Å². The Bertz CT molecular complexity index is 1050. The first-order valence-corrected chi connectivity index (χ1v) is 17.9. The Labute approximate surface area is 220 Å². The van der Waals surface area contributed by atoms with Crippen molar-refractivity contribution in [2.24, 2.45) is 0 Å². The van der Waals surface area contributed by atoms with Crippen LogP contribution in [0.3, 0.4) is 0 Å². The van der Waals surface area contributed by atoms with Crippen molar-refractivity contribution in [2.75, 3.05) is 6.61 Å². The maximum Gasteiger partial charge on any atom is 0.335 e. The molecule has 0 unspecified atom stereocenters. The Morgan fingerprint density at radius 3 is 2.23 bits per heavy atom. The first-order chi connectivity index (χ1) is 16.3. The molecule has 0 radical (unpaired) electrons. The van der Waals surface area contributed by atoms with E-state index in [2.05, 4.69) is 65.4 Å². The van der Waals surface area contributed by atoms with Crippen LogP contribution in [0.2, 0.25) is 27.3 Å². The summed E-state index contributed by atoms with van der Waals surface area (Å²) in [6.45, 7) is 20.1. The van der Waals surface area contributed by atoms with E-state index in [0.29, 0.717) is 17.4 Å². The molecule has 4 atom stereocenters. The van der Waals surface area contributed by atoms with Gasteiger partial charge in [-0.15, -0.1) is 11.8 Å². The maximum absolute atomic E-state index is 12.1. The molecular formula is C24H40ClN3O4SSi2. The Hall–Kier alpha value is -0.466. The largest absolute Gasteiger partial charge is 0.414 e. The van der Waals surface area contributed by atoms with E-state index in [1.807, 2.05) is 23.8 Å². The Morgan fingerprint density at radius 2 is 1.66 bits per heavy atom. The standard InChI is InChI=1S/C24H40ClN3O4SSi2/c1-14(2)34(15(3)4)30-12-19-20(31-35(32-34,16(5)6)17(7)8)24(9,29)23(33-19)28-11-10-18-21(25)26-13-27-22(18)28/h10-11,13-17,19-20,23,29H,12H2,1-9H3/t19-,20-,23-,24+/m1/s1. The molecule has 1 N–H and O–H groups in total. The van der Waals surface area contributed by atoms with Gasteiger partial charge in [-0.1, -0.05) is 67.0 Å². The van der Waals surface area contributed by atoms with Gasteiger partial charge in [0.2, 0.25) is 0 Å². The number of halogens is 1. The van der Waals surface area contributed by atoms with E-state index in [0.717, 1.165) is 5.39 Å². The number of aliphatic hydroxyl groups is 1. The molecule has 0 aromatic carbocycles. The normalized spacial score (nSPS) is 30.9. The lowest BCUT2D eigenvalue weighted by Crippen LogP contribution is -2.66. The lowest BCUT2D eigenvalue weighted by atomic mass is 9.96. The van der Waals surface area contributed by atoms with Gasteiger partial charge in [0.05, 0.1) is 23.3 Å². The molecule has 0 saturated carbocycles. The van der Waals surface area contributed by atoms with E-state index in [4.69, 9.17) is 24.6 Å². The Morgan fingerprint density at radius 1 is 1.06 bits per heavy atom. The summed E-state index contributed by atoms with van der Waals surface area (Å²) in [7, 11) is -5.45. The van der Waals surface area contributed by atoms with E-state index in [9.17, 15) is 5.11 Å². The van der Waals surface area contributed by atoms with Crippen LogP contribution in [0.15, 0.2) is 18.6 Å². The van der Waals surface area contributed by atoms with Gasteiger partial charge in [0, 0.05) is 6.20 Å². The minimum absolute atomic E-state index is 0.0394. The summed E-state index contributed by atoms with van der Waals surface area (Å²) in [4.78, 5) is 8.59. The van der Waals surface area contributed by atoms with Crippen molar-refractivity contribution in [3.05, 3.63) is 23.7 Å². The van der Waals surface area contributed by atoms with Crippen LogP contribution in [-0.2, 0) is 13.0 Å². The van der Waals surface area contributed by atoms with Gasteiger partial charge >= 0.3 is 17.1 Å². The zero-order chi connectivity index (χ0) is 25.9. The highest BCUT2D eigenvalue weighted by molar-refractivity contribution is 8.00. The molecule has 2 aliphatic rings. The maximum atomic E-state index is 12.1. The highest BCUT2D eigenvalue weighted by Gasteiger charge is 2.64. The summed E-state index contributed by atoms with van der Waals surface area (Å²) in [5.74, 6) is 0. The molecule has 4 rings (SSSR count). The number of hydrogen-bond donors (Lipinski definition) is 1. The molecule has 0 amide bonds. The van der Waals surface area contributed by atoms with Crippen LogP contribution in [0.5, 0.6) is 0 Å². The van der Waals surface area contributed by atoms with Crippen molar-refractivity contribution in [3.8, 4) is 0 Å². The van der Waals surface area contributed by atoms with E-state index in [1.165, 1.54) is 6.33 Å². The van der Waals surface area contributed by atoms with Crippen LogP contribution in [0, 0.1) is 0 Å². The zero-order valence-corrected chi connectivity index (χ0v) is 25.9. The minimum atomic E-state index is -2.83. The van der Waals surface area contributed by atoms with Crippen LogP contribution < -0.4 is 0 Å². The topological polar surface area (TPSA) is 78.6 Å². The molecule has 7 nitrogen and oxygen atoms in total. The summed E-state index contributed by atoms with van der Waals surface area (Å²) in [5.41, 5.74) is 0.494. The van der Waals surface area contributed by atoms with Crippen molar-refractivity contribution in [3.63, 3.8) is 0 Å². The van der Waals surface area contributed by atoms with Gasteiger partial charge in [0.1, 0.15) is 28.1 Å². The lowest BCUT2D eigenvalue weighted by molar-refractivity contribution is -0.0747. The van der Waals surface area contributed by atoms with Gasteiger partial charge in [0.15, 0.2) is 0 Å². The summed E-state index contributed by atoms with van der Waals surface area (Å²) in [5, 5.41) is 12.9. The van der Waals surface area contributed by atoms with Crippen molar-refractivity contribution in [1.82, 2.24) is 14.5 Å². The molecule has 11 heteroatoms. The van der Waals surface area contributed by atoms with Gasteiger partial charge in [0.25, 0.3) is 0 Å². The fraction of sp³-hybridized carbons (Fsp3) is 0.750. The molecular weight excluding hydrogens is 518 g/mol. The Kier molecular flexibility index (Phi) is 7.63. The number of aromatic nitrogens is 3.